The summed E-state index contributed by atoms with van der Waals surface area (Å²) in [4.78, 5) is 21.6. The number of hydrogen-bond donors (Lipinski definition) is 1. The predicted molar refractivity (Wildman–Crippen MR) is 121 cm³/mol. The molecule has 1 aliphatic heterocycles. The number of hydrogen-bond acceptors (Lipinski definition) is 5. The number of aryl methyl sites for hydroxylation is 2. The van der Waals surface area contributed by atoms with Crippen LogP contribution in [-0.4, -0.2) is 38.3 Å². The maximum Gasteiger partial charge on any atom is 0.251 e. The van der Waals surface area contributed by atoms with Crippen LogP contribution in [0.25, 0.3) is 16.9 Å². The molecule has 0 fully saturated rings. The number of fused-ring (bicyclic) bond motifs is 1. The molecule has 33 heavy (non-hydrogen) atoms. The van der Waals surface area contributed by atoms with E-state index in [0.29, 0.717) is 34.6 Å². The number of nitrogens with one attached hydrogen (secondary N) is 1. The van der Waals surface area contributed by atoms with Crippen molar-refractivity contribution in [3.63, 3.8) is 0 Å². The number of amides is 1. The van der Waals surface area contributed by atoms with Crippen molar-refractivity contribution in [1.29, 1.82) is 0 Å². The molecular formula is C25H22FN5O2. The van der Waals surface area contributed by atoms with Crippen molar-refractivity contribution >= 4 is 5.91 Å². The molecule has 7 nitrogen and oxygen atoms in total. The number of benzene rings is 2. The molecule has 0 radical (unpaired) electrons. The molecule has 1 amide bonds. The number of carbonyl (C=O) groups is 1. The van der Waals surface area contributed by atoms with Crippen LogP contribution in [-0.2, 0) is 6.42 Å². The van der Waals surface area contributed by atoms with Crippen LogP contribution in [0.5, 0.6) is 5.75 Å². The van der Waals surface area contributed by atoms with Crippen molar-refractivity contribution in [3.05, 3.63) is 89.4 Å². The minimum Gasteiger partial charge on any atom is -0.487 e. The van der Waals surface area contributed by atoms with Gasteiger partial charge in [-0.1, -0.05) is 0 Å². The summed E-state index contributed by atoms with van der Waals surface area (Å²) in [5, 5.41) is 7.07. The third-order valence-corrected chi connectivity index (χ3v) is 5.64. The van der Waals surface area contributed by atoms with Gasteiger partial charge in [0.25, 0.3) is 5.91 Å². The van der Waals surface area contributed by atoms with Crippen molar-refractivity contribution < 1.29 is 13.9 Å². The fraction of sp³-hybridized carbons (Fsp3) is 0.200. The van der Waals surface area contributed by atoms with E-state index in [2.05, 4.69) is 20.4 Å². The maximum absolute atomic E-state index is 14.5. The van der Waals surface area contributed by atoms with Gasteiger partial charge in [-0.05, 0) is 56.3 Å². The van der Waals surface area contributed by atoms with E-state index in [-0.39, 0.29) is 24.4 Å². The number of nitrogens with zero attached hydrogens (tertiary/aromatic N) is 4. The second kappa shape index (κ2) is 8.46. The molecule has 2 aromatic heterocycles. The molecule has 5 rings (SSSR count). The first kappa shape index (κ1) is 20.8. The van der Waals surface area contributed by atoms with Crippen molar-refractivity contribution in [2.75, 3.05) is 6.54 Å². The molecule has 8 heteroatoms. The highest BCUT2D eigenvalue weighted by Gasteiger charge is 2.30. The molecule has 3 heterocycles. The molecule has 0 aliphatic carbocycles. The van der Waals surface area contributed by atoms with Gasteiger partial charge in [-0.15, -0.1) is 0 Å². The fourth-order valence-electron chi connectivity index (χ4n) is 3.95. The third kappa shape index (κ3) is 4.07. The molecule has 2 aromatic carbocycles. The molecule has 1 unspecified atom stereocenters. The molecular weight excluding hydrogens is 421 g/mol. The van der Waals surface area contributed by atoms with Gasteiger partial charge < -0.3 is 10.1 Å². The first-order valence-corrected chi connectivity index (χ1v) is 10.7. The second-order valence-corrected chi connectivity index (χ2v) is 8.00. The van der Waals surface area contributed by atoms with E-state index >= 15 is 0 Å². The Bertz CT molecular complexity index is 1320. The van der Waals surface area contributed by atoms with Crippen molar-refractivity contribution in [2.45, 2.75) is 26.4 Å². The molecule has 4 aromatic rings. The van der Waals surface area contributed by atoms with Crippen LogP contribution >= 0.6 is 0 Å². The van der Waals surface area contributed by atoms with Crippen LogP contribution in [0.4, 0.5) is 4.39 Å². The number of aromatic nitrogens is 4. The number of rotatable bonds is 5. The van der Waals surface area contributed by atoms with Gasteiger partial charge in [0.1, 0.15) is 17.7 Å². The van der Waals surface area contributed by atoms with Crippen molar-refractivity contribution in [3.8, 4) is 22.7 Å². The van der Waals surface area contributed by atoms with E-state index in [9.17, 15) is 9.18 Å². The normalized spacial score (nSPS) is 14.6. The zero-order chi connectivity index (χ0) is 22.9. The van der Waals surface area contributed by atoms with Gasteiger partial charge in [0.05, 0.1) is 29.3 Å². The average Bonchev–Trinajstić information content (AvgIpc) is 3.51. The monoisotopic (exact) mass is 443 g/mol. The minimum atomic E-state index is -0.374. The lowest BCUT2D eigenvalue weighted by Crippen LogP contribution is -2.34. The molecule has 0 spiro atoms. The van der Waals surface area contributed by atoms with E-state index in [1.807, 2.05) is 38.2 Å². The van der Waals surface area contributed by atoms with Gasteiger partial charge in [-0.25, -0.2) is 14.1 Å². The maximum atomic E-state index is 14.5. The Kier molecular flexibility index (Phi) is 5.34. The SMILES string of the molecule is Cc1cnc(C)c(-c2ccc(F)c3c2OC(CNC(=O)c2ccc(-n4cccn4)cc2)C3)n1. The van der Waals surface area contributed by atoms with Crippen LogP contribution < -0.4 is 10.1 Å². The fourth-order valence-corrected chi connectivity index (χ4v) is 3.95. The van der Waals surface area contributed by atoms with Crippen LogP contribution in [0.3, 0.4) is 0 Å². The third-order valence-electron chi connectivity index (χ3n) is 5.64. The first-order valence-electron chi connectivity index (χ1n) is 10.7. The summed E-state index contributed by atoms with van der Waals surface area (Å²) in [6.07, 6.45) is 5.22. The standard InChI is InChI=1S/C25H22FN5O2/c1-15-13-27-16(2)23(30-15)20-8-9-22(26)21-12-19(33-24(20)21)14-28-25(32)17-4-6-18(7-5-17)31-11-3-10-29-31/h3-11,13,19H,12,14H2,1-2H3,(H,28,32). The van der Waals surface area contributed by atoms with E-state index in [0.717, 1.165) is 17.1 Å². The van der Waals surface area contributed by atoms with Crippen LogP contribution in [0.2, 0.25) is 0 Å². The lowest BCUT2D eigenvalue weighted by molar-refractivity contribution is 0.0933. The van der Waals surface area contributed by atoms with Gasteiger partial charge in [0, 0.05) is 41.7 Å². The van der Waals surface area contributed by atoms with Crippen molar-refractivity contribution in [2.24, 2.45) is 0 Å². The second-order valence-electron chi connectivity index (χ2n) is 8.00. The van der Waals surface area contributed by atoms with Crippen LogP contribution in [0, 0.1) is 19.7 Å². The number of halogens is 1. The van der Waals surface area contributed by atoms with Crippen molar-refractivity contribution in [1.82, 2.24) is 25.1 Å². The Morgan fingerprint density at radius 2 is 2.03 bits per heavy atom. The molecule has 1 aliphatic rings. The zero-order valence-electron chi connectivity index (χ0n) is 18.2. The van der Waals surface area contributed by atoms with Gasteiger partial charge in [0.15, 0.2) is 0 Å². The summed E-state index contributed by atoms with van der Waals surface area (Å²) in [5.74, 6) is -0.0708. The minimum absolute atomic E-state index is 0.220. The lowest BCUT2D eigenvalue weighted by Gasteiger charge is -2.14. The molecule has 1 N–H and O–H groups in total. The summed E-state index contributed by atoms with van der Waals surface area (Å²) in [5.41, 5.74) is 4.79. The Balaban J connectivity index is 1.29. The van der Waals surface area contributed by atoms with Gasteiger partial charge >= 0.3 is 0 Å². The van der Waals surface area contributed by atoms with Gasteiger partial charge in [-0.2, -0.15) is 5.10 Å². The molecule has 0 saturated heterocycles. The van der Waals surface area contributed by atoms with E-state index < -0.39 is 0 Å². The predicted octanol–water partition coefficient (Wildman–Crippen LogP) is 3.82. The molecule has 1 atom stereocenters. The highest BCUT2D eigenvalue weighted by molar-refractivity contribution is 5.94. The van der Waals surface area contributed by atoms with Gasteiger partial charge in [0.2, 0.25) is 0 Å². The van der Waals surface area contributed by atoms with E-state index in [1.165, 1.54) is 6.07 Å². The largest absolute Gasteiger partial charge is 0.487 e. The Morgan fingerprint density at radius 1 is 1.21 bits per heavy atom. The average molecular weight is 443 g/mol. The van der Waals surface area contributed by atoms with Crippen LogP contribution in [0.15, 0.2) is 61.1 Å². The quantitative estimate of drug-likeness (QED) is 0.507. The van der Waals surface area contributed by atoms with E-state index in [4.69, 9.17) is 4.74 Å². The highest BCUT2D eigenvalue weighted by Crippen LogP contribution is 2.40. The van der Waals surface area contributed by atoms with Crippen LogP contribution in [0.1, 0.15) is 27.3 Å². The summed E-state index contributed by atoms with van der Waals surface area (Å²) < 4.78 is 22.4. The molecule has 0 saturated carbocycles. The summed E-state index contributed by atoms with van der Waals surface area (Å²) >= 11 is 0. The smallest absolute Gasteiger partial charge is 0.251 e. The Morgan fingerprint density at radius 3 is 2.79 bits per heavy atom. The summed E-state index contributed by atoms with van der Waals surface area (Å²) in [6.45, 7) is 3.98. The first-order chi connectivity index (χ1) is 16.0. The van der Waals surface area contributed by atoms with E-state index in [1.54, 1.807) is 35.3 Å². The lowest BCUT2D eigenvalue weighted by atomic mass is 10.0. The Labute approximate surface area is 190 Å². The number of ether oxygens (including phenoxy) is 1. The molecule has 0 bridgehead atoms. The van der Waals surface area contributed by atoms with Gasteiger partial charge in [-0.3, -0.25) is 9.78 Å². The zero-order valence-corrected chi connectivity index (χ0v) is 18.2. The summed E-state index contributed by atoms with van der Waals surface area (Å²) in [6, 6.07) is 12.1. The summed E-state index contributed by atoms with van der Waals surface area (Å²) in [7, 11) is 0. The molecule has 166 valence electrons. The topological polar surface area (TPSA) is 81.9 Å². The Hall–Kier alpha value is -4.07. The number of carbonyl (C=O) groups excluding carboxylic acids is 1. The highest BCUT2D eigenvalue weighted by atomic mass is 19.1.